The van der Waals surface area contributed by atoms with E-state index in [1.807, 2.05) is 0 Å². The lowest BCUT2D eigenvalue weighted by molar-refractivity contribution is -0.364. The number of aliphatic hydroxyl groups excluding tert-OH is 1. The van der Waals surface area contributed by atoms with E-state index in [9.17, 15) is 9.90 Å². The molecule has 0 amide bonds. The van der Waals surface area contributed by atoms with E-state index < -0.39 is 29.9 Å². The summed E-state index contributed by atoms with van der Waals surface area (Å²) >= 11 is 0. The number of rotatable bonds is 12. The molecule has 0 aromatic carbocycles. The molecule has 16 heteroatoms. The van der Waals surface area contributed by atoms with Crippen LogP contribution in [-0.2, 0) is 71.1 Å². The normalized spacial score (nSPS) is 53.9. The lowest BCUT2D eigenvalue weighted by Crippen LogP contribution is -2.61. The molecule has 1 spiro atoms. The number of ether oxygens (including phenoxy) is 14. The molecule has 14 heterocycles. The van der Waals surface area contributed by atoms with Crippen LogP contribution in [0.5, 0.6) is 0 Å². The molecule has 73 heavy (non-hydrogen) atoms. The van der Waals surface area contributed by atoms with Crippen LogP contribution in [0.4, 0.5) is 0 Å². The molecule has 6 unspecified atom stereocenters. The molecule has 1 N–H and O–H groups in total. The molecular weight excluding hydrogens is 941 g/mol. The predicted molar refractivity (Wildman–Crippen MR) is 260 cm³/mol. The van der Waals surface area contributed by atoms with Gasteiger partial charge in [-0.1, -0.05) is 33.9 Å². The molecule has 14 saturated heterocycles. The zero-order valence-corrected chi connectivity index (χ0v) is 43.8. The van der Waals surface area contributed by atoms with E-state index >= 15 is 0 Å². The summed E-state index contributed by atoms with van der Waals surface area (Å²) in [6.45, 7) is 17.9. The van der Waals surface area contributed by atoms with Crippen LogP contribution in [0.3, 0.4) is 0 Å². The summed E-state index contributed by atoms with van der Waals surface area (Å²) < 4.78 is 92.7. The van der Waals surface area contributed by atoms with Crippen LogP contribution in [-0.4, -0.2) is 170 Å². The Balaban J connectivity index is 0.571. The minimum atomic E-state index is -0.817. The smallest absolute Gasteiger partial charge is 0.308 e. The third-order valence-electron chi connectivity index (χ3n) is 19.8. The van der Waals surface area contributed by atoms with E-state index in [4.69, 9.17) is 66.3 Å². The first-order chi connectivity index (χ1) is 35.2. The van der Waals surface area contributed by atoms with Crippen LogP contribution in [0.25, 0.3) is 0 Å². The van der Waals surface area contributed by atoms with Gasteiger partial charge in [0.2, 0.25) is 0 Å². The van der Waals surface area contributed by atoms with Crippen molar-refractivity contribution in [1.29, 1.82) is 0 Å². The Labute approximate surface area is 431 Å². The molecule has 6 bridgehead atoms. The van der Waals surface area contributed by atoms with Gasteiger partial charge in [0.15, 0.2) is 11.6 Å². The van der Waals surface area contributed by atoms with Crippen molar-refractivity contribution in [3.63, 3.8) is 0 Å². The Morgan fingerprint density at radius 2 is 1.44 bits per heavy atom. The monoisotopic (exact) mass is 1020 g/mol. The van der Waals surface area contributed by atoms with Crippen molar-refractivity contribution in [2.24, 2.45) is 11.8 Å². The largest absolute Gasteiger partial charge is 0.460 e. The van der Waals surface area contributed by atoms with Crippen LogP contribution in [0, 0.1) is 11.8 Å². The van der Waals surface area contributed by atoms with Crippen LogP contribution >= 0.6 is 0 Å². The Kier molecular flexibility index (Phi) is 14.1. The standard InChI is InChI=1S/C57H84O16/c1-7-39-32(6)28(2)18-33(62-39)9-12-40-29(3)19-35(63-40)14-16-57-26-48-52(72-57)53-54(69-48)55(73-57)51-41(68-53)13-10-34(66-51)23-49(59)65-37-22-45-44(60-27-37)24-47-46(67-45)21-36(64-47)20-43-38(58)15-17-56(71-43)25-30(4)50-42(70-56)11-8-31(5)61-50/h28,30-31,33-48,50-55,58H,3,6-27H2,1-2,4-5H3/t28-,30+,31-,33?,34?,35+,36?,37-,38+,39-,40+,41+,42+,43+,44+,45?,46?,47-,48-,50+,51+,52+,53+,54?,55+,56+,57+/m1/s1. The average Bonchev–Trinajstić information content (AvgIpc) is 4.08. The van der Waals surface area contributed by atoms with Crippen LogP contribution < -0.4 is 0 Å². The van der Waals surface area contributed by atoms with Gasteiger partial charge in [0.05, 0.1) is 117 Å². The van der Waals surface area contributed by atoms with E-state index in [0.29, 0.717) is 76.2 Å². The second kappa shape index (κ2) is 20.2. The van der Waals surface area contributed by atoms with Crippen molar-refractivity contribution in [3.05, 3.63) is 24.3 Å². The summed E-state index contributed by atoms with van der Waals surface area (Å²) in [4.78, 5) is 13.7. The maximum absolute atomic E-state index is 13.7. The first-order valence-corrected chi connectivity index (χ1v) is 29.1. The fourth-order valence-electron chi connectivity index (χ4n) is 16.0. The summed E-state index contributed by atoms with van der Waals surface area (Å²) in [5.41, 5.74) is 2.38. The van der Waals surface area contributed by atoms with Crippen molar-refractivity contribution in [3.8, 4) is 0 Å². The van der Waals surface area contributed by atoms with Crippen molar-refractivity contribution in [1.82, 2.24) is 0 Å². The third kappa shape index (κ3) is 9.90. The molecule has 14 aliphatic rings. The van der Waals surface area contributed by atoms with Gasteiger partial charge in [-0.3, -0.25) is 4.79 Å². The number of hydrogen-bond donors (Lipinski definition) is 1. The summed E-state index contributed by atoms with van der Waals surface area (Å²) in [7, 11) is 0. The van der Waals surface area contributed by atoms with E-state index in [1.165, 1.54) is 5.57 Å². The van der Waals surface area contributed by atoms with Crippen LogP contribution in [0.2, 0.25) is 0 Å². The van der Waals surface area contributed by atoms with Gasteiger partial charge in [0, 0.05) is 51.4 Å². The molecule has 14 fully saturated rings. The topological polar surface area (TPSA) is 167 Å². The summed E-state index contributed by atoms with van der Waals surface area (Å²) in [6, 6.07) is 0. The maximum Gasteiger partial charge on any atom is 0.308 e. The van der Waals surface area contributed by atoms with E-state index in [-0.39, 0.29) is 134 Å². The molecule has 16 nitrogen and oxygen atoms in total. The van der Waals surface area contributed by atoms with E-state index in [1.54, 1.807) is 0 Å². The second-order valence-corrected chi connectivity index (χ2v) is 25.1. The average molecular weight is 1030 g/mol. The SMILES string of the molecule is C=C1C[C@H](CC[C@@]23C[C@H]4OC5[C@@H](O[C@H]6CCC(CC(=O)O[C@H]7CO[C@H]8C[C@H]9OC(C[C@@H]%10O[C@@]%11(CC[C@@H]%10O)C[C@H](C)[C@@H]%10O[C@H](C)CC[C@@H]%10O%11)CC9OC8C7)O[C@@H]6[C@@H]5O2)[C@H]4O3)O[C@H]1CCC1C[C@@H](C)C(=C)[C@@H](CC)O1. The van der Waals surface area contributed by atoms with Gasteiger partial charge in [-0.2, -0.15) is 0 Å². The molecule has 27 atom stereocenters. The minimum Gasteiger partial charge on any atom is -0.460 e. The van der Waals surface area contributed by atoms with Gasteiger partial charge in [-0.25, -0.2) is 0 Å². The van der Waals surface area contributed by atoms with E-state index in [2.05, 4.69) is 40.9 Å². The maximum atomic E-state index is 13.7. The van der Waals surface area contributed by atoms with Gasteiger partial charge in [0.1, 0.15) is 36.6 Å². The molecule has 0 saturated carbocycles. The van der Waals surface area contributed by atoms with Crippen molar-refractivity contribution in [2.75, 3.05) is 6.61 Å². The first-order valence-electron chi connectivity index (χ1n) is 29.1. The quantitative estimate of drug-likeness (QED) is 0.157. The number of fused-ring (bicyclic) bond motifs is 4. The predicted octanol–water partition coefficient (Wildman–Crippen LogP) is 7.01. The molecule has 408 valence electrons. The fraction of sp³-hybridized carbons (Fsp3) is 0.912. The zero-order chi connectivity index (χ0) is 49.9. The molecule has 0 aliphatic carbocycles. The number of esters is 1. The van der Waals surface area contributed by atoms with E-state index in [0.717, 1.165) is 69.8 Å². The minimum absolute atomic E-state index is 0.0178. The van der Waals surface area contributed by atoms with Gasteiger partial charge < -0.3 is 71.4 Å². The van der Waals surface area contributed by atoms with Gasteiger partial charge >= 0.3 is 5.97 Å². The van der Waals surface area contributed by atoms with Crippen LogP contribution in [0.1, 0.15) is 156 Å². The summed E-state index contributed by atoms with van der Waals surface area (Å²) in [5, 5.41) is 11.2. The van der Waals surface area contributed by atoms with Crippen LogP contribution in [0.15, 0.2) is 24.3 Å². The van der Waals surface area contributed by atoms with Gasteiger partial charge in [-0.05, 0) is 101 Å². The molecule has 0 radical (unpaired) electrons. The Hall–Kier alpha value is -1.61. The zero-order valence-electron chi connectivity index (χ0n) is 43.8. The first kappa shape index (κ1) is 50.9. The Morgan fingerprint density at radius 1 is 0.644 bits per heavy atom. The molecule has 0 aromatic rings. The number of carbonyl (C=O) groups excluding carboxylic acids is 1. The summed E-state index contributed by atoms with van der Waals surface area (Å²) in [6.07, 6.45) is 11.6. The van der Waals surface area contributed by atoms with Crippen molar-refractivity contribution < 1.29 is 76.2 Å². The number of carbonyl (C=O) groups is 1. The van der Waals surface area contributed by atoms with Crippen molar-refractivity contribution >= 4 is 5.97 Å². The number of hydrogen-bond acceptors (Lipinski definition) is 16. The van der Waals surface area contributed by atoms with Gasteiger partial charge in [0.25, 0.3) is 0 Å². The highest BCUT2D eigenvalue weighted by molar-refractivity contribution is 5.70. The molecular formula is C57H84O16. The Bertz CT molecular complexity index is 2040. The third-order valence-corrected chi connectivity index (χ3v) is 19.8. The highest BCUT2D eigenvalue weighted by Crippen LogP contribution is 2.55. The molecule has 14 rings (SSSR count). The molecule has 0 aromatic heterocycles. The molecule has 14 aliphatic heterocycles. The summed E-state index contributed by atoms with van der Waals surface area (Å²) in [5.74, 6) is -1.04. The highest BCUT2D eigenvalue weighted by atomic mass is 16.8. The van der Waals surface area contributed by atoms with Crippen molar-refractivity contribution in [2.45, 2.75) is 308 Å². The van der Waals surface area contributed by atoms with Gasteiger partial charge in [-0.15, -0.1) is 0 Å². The number of aliphatic hydroxyl groups is 1. The lowest BCUT2D eigenvalue weighted by atomic mass is 9.81. The second-order valence-electron chi connectivity index (χ2n) is 25.1. The fourth-order valence-corrected chi connectivity index (χ4v) is 16.0. The lowest BCUT2D eigenvalue weighted by Gasteiger charge is -2.53. The Morgan fingerprint density at radius 3 is 2.32 bits per heavy atom. The highest BCUT2D eigenvalue weighted by Gasteiger charge is 2.69.